The number of aromatic nitrogens is 4. The lowest BCUT2D eigenvalue weighted by molar-refractivity contribution is 0.0598. The van der Waals surface area contributed by atoms with Crippen molar-refractivity contribution in [1.82, 2.24) is 19.9 Å². The zero-order valence-corrected chi connectivity index (χ0v) is 17.3. The van der Waals surface area contributed by atoms with Crippen LogP contribution in [0.25, 0.3) is 11.4 Å². The summed E-state index contributed by atoms with van der Waals surface area (Å²) in [6.07, 6.45) is 9.20. The van der Waals surface area contributed by atoms with Gasteiger partial charge in [0.05, 0.1) is 24.1 Å². The van der Waals surface area contributed by atoms with Gasteiger partial charge in [0.2, 0.25) is 5.95 Å². The van der Waals surface area contributed by atoms with Crippen LogP contribution < -0.4 is 0 Å². The van der Waals surface area contributed by atoms with Crippen molar-refractivity contribution in [2.24, 2.45) is 0 Å². The monoisotopic (exact) mass is 426 g/mol. The van der Waals surface area contributed by atoms with Crippen LogP contribution in [0.5, 0.6) is 0 Å². The first-order valence-corrected chi connectivity index (χ1v) is 10.2. The maximum atomic E-state index is 14.0. The molecule has 0 N–H and O–H groups in total. The summed E-state index contributed by atoms with van der Waals surface area (Å²) in [5, 5.41) is 0. The van der Waals surface area contributed by atoms with Crippen LogP contribution in [0, 0.1) is 5.95 Å². The lowest BCUT2D eigenvalue weighted by atomic mass is 9.69. The van der Waals surface area contributed by atoms with Crippen molar-refractivity contribution < 1.29 is 13.9 Å². The highest BCUT2D eigenvalue weighted by Gasteiger charge is 2.47. The number of methoxy groups -OCH3 is 1. The number of carbonyl (C=O) groups is 1. The molecule has 0 radical (unpaired) electrons. The van der Waals surface area contributed by atoms with E-state index in [2.05, 4.69) is 19.9 Å². The summed E-state index contributed by atoms with van der Waals surface area (Å²) in [7, 11) is 1.36. The summed E-state index contributed by atoms with van der Waals surface area (Å²) in [4.78, 5) is 29.9. The molecular formula is C25H19FN4O2. The number of pyridine rings is 4. The van der Waals surface area contributed by atoms with Crippen LogP contribution in [0.15, 0.2) is 73.4 Å². The topological polar surface area (TPSA) is 77.9 Å². The van der Waals surface area contributed by atoms with Gasteiger partial charge in [-0.25, -0.2) is 9.78 Å². The summed E-state index contributed by atoms with van der Waals surface area (Å²) in [6, 6.07) is 12.6. The third-order valence-corrected chi connectivity index (χ3v) is 5.93. The minimum absolute atomic E-state index is 0.427. The molecule has 0 amide bonds. The number of halogens is 1. The summed E-state index contributed by atoms with van der Waals surface area (Å²) in [5.41, 5.74) is 4.54. The number of esters is 1. The van der Waals surface area contributed by atoms with E-state index in [0.717, 1.165) is 27.9 Å². The molecule has 1 atom stereocenters. The highest BCUT2D eigenvalue weighted by Crippen LogP contribution is 2.52. The van der Waals surface area contributed by atoms with Gasteiger partial charge in [-0.1, -0.05) is 6.07 Å². The van der Waals surface area contributed by atoms with E-state index in [1.807, 2.05) is 24.3 Å². The fourth-order valence-electron chi connectivity index (χ4n) is 4.70. The Morgan fingerprint density at radius 3 is 2.41 bits per heavy atom. The van der Waals surface area contributed by atoms with Gasteiger partial charge in [0, 0.05) is 42.0 Å². The van der Waals surface area contributed by atoms with Gasteiger partial charge in [0.1, 0.15) is 0 Å². The summed E-state index contributed by atoms with van der Waals surface area (Å²) >= 11 is 0. The van der Waals surface area contributed by atoms with Gasteiger partial charge in [0.25, 0.3) is 0 Å². The van der Waals surface area contributed by atoms with Gasteiger partial charge in [-0.3, -0.25) is 15.0 Å². The highest BCUT2D eigenvalue weighted by molar-refractivity contribution is 5.95. The Kier molecular flexibility index (Phi) is 4.93. The van der Waals surface area contributed by atoms with Crippen molar-refractivity contribution in [2.45, 2.75) is 18.3 Å². The molecule has 0 aromatic carbocycles. The largest absolute Gasteiger partial charge is 0.465 e. The Labute approximate surface area is 184 Å². The Balaban J connectivity index is 1.82. The molecule has 0 fully saturated rings. The third-order valence-electron chi connectivity index (χ3n) is 5.93. The SMILES string of the molecule is COC(=O)c1ccnc2c1C(Cc1ccncc1)(Cc1ccnc(F)c1)c1cccnc1-2. The minimum atomic E-state index is -0.716. The molecule has 5 rings (SSSR count). The van der Waals surface area contributed by atoms with E-state index in [4.69, 9.17) is 4.74 Å². The second kappa shape index (κ2) is 7.92. The van der Waals surface area contributed by atoms with E-state index in [0.29, 0.717) is 24.1 Å². The normalized spacial score (nSPS) is 16.3. The fourth-order valence-corrected chi connectivity index (χ4v) is 4.70. The first kappa shape index (κ1) is 19.9. The average molecular weight is 426 g/mol. The summed E-state index contributed by atoms with van der Waals surface area (Å²) < 4.78 is 19.1. The zero-order valence-electron chi connectivity index (χ0n) is 17.3. The van der Waals surface area contributed by atoms with Crippen LogP contribution in [0.3, 0.4) is 0 Å². The van der Waals surface area contributed by atoms with Gasteiger partial charge in [0.15, 0.2) is 0 Å². The molecule has 4 heterocycles. The lowest BCUT2D eigenvalue weighted by Gasteiger charge is -2.33. The molecule has 0 bridgehead atoms. The first-order chi connectivity index (χ1) is 15.6. The molecule has 158 valence electrons. The van der Waals surface area contributed by atoms with Crippen molar-refractivity contribution in [3.05, 3.63) is 107 Å². The van der Waals surface area contributed by atoms with Crippen LogP contribution in [0.2, 0.25) is 0 Å². The van der Waals surface area contributed by atoms with E-state index in [-0.39, 0.29) is 0 Å². The molecule has 1 unspecified atom stereocenters. The second-order valence-electron chi connectivity index (χ2n) is 7.75. The van der Waals surface area contributed by atoms with Crippen molar-refractivity contribution in [1.29, 1.82) is 0 Å². The maximum absolute atomic E-state index is 14.0. The second-order valence-corrected chi connectivity index (χ2v) is 7.75. The predicted molar refractivity (Wildman–Crippen MR) is 115 cm³/mol. The Morgan fingerprint density at radius 1 is 0.906 bits per heavy atom. The van der Waals surface area contributed by atoms with Gasteiger partial charge >= 0.3 is 5.97 Å². The van der Waals surface area contributed by atoms with Gasteiger partial charge in [-0.2, -0.15) is 4.39 Å². The number of ether oxygens (including phenoxy) is 1. The molecule has 0 aliphatic heterocycles. The van der Waals surface area contributed by atoms with Crippen molar-refractivity contribution >= 4 is 5.97 Å². The molecule has 1 aliphatic rings. The molecule has 0 saturated heterocycles. The van der Waals surface area contributed by atoms with Gasteiger partial charge in [-0.15, -0.1) is 0 Å². The molecule has 1 aliphatic carbocycles. The Morgan fingerprint density at radius 2 is 1.62 bits per heavy atom. The zero-order chi connectivity index (χ0) is 22.1. The minimum Gasteiger partial charge on any atom is -0.465 e. The first-order valence-electron chi connectivity index (χ1n) is 10.2. The van der Waals surface area contributed by atoms with E-state index < -0.39 is 17.3 Å². The van der Waals surface area contributed by atoms with Crippen LogP contribution in [0.1, 0.15) is 32.6 Å². The van der Waals surface area contributed by atoms with E-state index in [9.17, 15) is 9.18 Å². The molecule has 0 spiro atoms. The molecule has 4 aromatic rings. The predicted octanol–water partition coefficient (Wildman–Crippen LogP) is 3.94. The van der Waals surface area contributed by atoms with Crippen LogP contribution >= 0.6 is 0 Å². The molecule has 32 heavy (non-hydrogen) atoms. The van der Waals surface area contributed by atoms with E-state index >= 15 is 0 Å². The number of nitrogens with zero attached hydrogens (tertiary/aromatic N) is 4. The maximum Gasteiger partial charge on any atom is 0.338 e. The third kappa shape index (κ3) is 3.22. The van der Waals surface area contributed by atoms with Crippen LogP contribution in [-0.2, 0) is 23.0 Å². The van der Waals surface area contributed by atoms with E-state index in [1.165, 1.54) is 19.4 Å². The standard InChI is InChI=1S/C25H19FN4O2/c1-32-24(31)18-7-12-30-23-21(18)25(14-16-4-9-27-10-5-16,19-3-2-8-29-22(19)23)15-17-6-11-28-20(26)13-17/h2-13H,14-15H2,1H3. The smallest absolute Gasteiger partial charge is 0.338 e. The highest BCUT2D eigenvalue weighted by atomic mass is 19.1. The average Bonchev–Trinajstić information content (AvgIpc) is 3.09. The molecule has 0 saturated carbocycles. The fraction of sp³-hybridized carbons (Fsp3) is 0.160. The number of hydrogen-bond donors (Lipinski definition) is 0. The Hall–Kier alpha value is -4.00. The molecule has 7 heteroatoms. The van der Waals surface area contributed by atoms with Crippen molar-refractivity contribution in [3.63, 3.8) is 0 Å². The number of carbonyl (C=O) groups excluding carboxylic acids is 1. The van der Waals surface area contributed by atoms with E-state index in [1.54, 1.807) is 36.9 Å². The van der Waals surface area contributed by atoms with Gasteiger partial charge in [-0.05, 0) is 65.9 Å². The number of hydrogen-bond acceptors (Lipinski definition) is 6. The molecule has 4 aromatic heterocycles. The van der Waals surface area contributed by atoms with Crippen LogP contribution in [-0.4, -0.2) is 33.0 Å². The van der Waals surface area contributed by atoms with Crippen LogP contribution in [0.4, 0.5) is 4.39 Å². The van der Waals surface area contributed by atoms with Crippen molar-refractivity contribution in [3.8, 4) is 11.4 Å². The van der Waals surface area contributed by atoms with Gasteiger partial charge < -0.3 is 4.74 Å². The number of rotatable bonds is 5. The lowest BCUT2D eigenvalue weighted by Crippen LogP contribution is -2.33. The summed E-state index contributed by atoms with van der Waals surface area (Å²) in [5.74, 6) is -0.998. The summed E-state index contributed by atoms with van der Waals surface area (Å²) in [6.45, 7) is 0. The quantitative estimate of drug-likeness (QED) is 0.355. The molecule has 6 nitrogen and oxygen atoms in total. The molecular weight excluding hydrogens is 407 g/mol. The van der Waals surface area contributed by atoms with Crippen molar-refractivity contribution in [2.75, 3.05) is 7.11 Å². The number of fused-ring (bicyclic) bond motifs is 3. The Bertz CT molecular complexity index is 1310.